The van der Waals surface area contributed by atoms with Crippen molar-refractivity contribution in [2.24, 2.45) is 0 Å². The average Bonchev–Trinajstić information content (AvgIpc) is 2.82. The van der Waals surface area contributed by atoms with Gasteiger partial charge in [0.05, 0.1) is 11.4 Å². The van der Waals surface area contributed by atoms with Gasteiger partial charge in [0.25, 0.3) is 0 Å². The molecule has 4 aromatic rings. The van der Waals surface area contributed by atoms with Crippen LogP contribution >= 0.6 is 0 Å². The fourth-order valence-corrected chi connectivity index (χ4v) is 4.07. The number of aryl methyl sites for hydroxylation is 2. The highest BCUT2D eigenvalue weighted by molar-refractivity contribution is 5.83. The van der Waals surface area contributed by atoms with Crippen molar-refractivity contribution >= 4 is 17.1 Å². The largest absolute Gasteiger partial charge is 0.508 e. The number of benzene rings is 4. The first kappa shape index (κ1) is 23.1. The lowest BCUT2D eigenvalue weighted by molar-refractivity contribution is 0.448. The van der Waals surface area contributed by atoms with Crippen LogP contribution in [0.25, 0.3) is 0 Å². The van der Waals surface area contributed by atoms with E-state index in [4.69, 9.17) is 4.74 Å². The van der Waals surface area contributed by atoms with Crippen LogP contribution in [0.3, 0.4) is 0 Å². The number of ether oxygens (including phenoxy) is 1. The molecule has 0 radical (unpaired) electrons. The van der Waals surface area contributed by atoms with Gasteiger partial charge in [-0.05, 0) is 82.1 Å². The number of nitrogens with zero attached hydrogens (tertiary/aromatic N) is 1. The van der Waals surface area contributed by atoms with E-state index in [0.29, 0.717) is 17.1 Å². The maximum atomic E-state index is 10.7. The van der Waals surface area contributed by atoms with Crippen molar-refractivity contribution in [3.63, 3.8) is 0 Å². The smallest absolute Gasteiger partial charge is 0.134 e. The summed E-state index contributed by atoms with van der Waals surface area (Å²) in [4.78, 5) is 2.01. The molecule has 0 amide bonds. The summed E-state index contributed by atoms with van der Waals surface area (Å²) in [7, 11) is 0. The highest BCUT2D eigenvalue weighted by atomic mass is 16.5. The van der Waals surface area contributed by atoms with Gasteiger partial charge in [0.2, 0.25) is 0 Å². The van der Waals surface area contributed by atoms with Crippen molar-refractivity contribution in [2.45, 2.75) is 34.6 Å². The van der Waals surface area contributed by atoms with Crippen molar-refractivity contribution in [2.75, 3.05) is 4.90 Å². The van der Waals surface area contributed by atoms with E-state index in [1.165, 1.54) is 0 Å². The molecule has 0 unspecified atom stereocenters. The van der Waals surface area contributed by atoms with Crippen LogP contribution in [0.2, 0.25) is 0 Å². The molecule has 0 bridgehead atoms. The number of rotatable bonds is 5. The molecule has 4 aromatic carbocycles. The molecule has 0 aromatic heterocycles. The SMILES string of the molecule is Cc1ccc(N(c2cccc(Oc3cccc(O)c3C)c2)c2ccc(C)c(O)c2C)c(C)c1O. The zero-order valence-corrected chi connectivity index (χ0v) is 20.0. The Labute approximate surface area is 200 Å². The Bertz CT molecular complexity index is 1320. The Morgan fingerprint density at radius 1 is 0.618 bits per heavy atom. The molecular formula is C29H29NO4. The normalized spacial score (nSPS) is 10.9. The third kappa shape index (κ3) is 4.13. The molecule has 0 aliphatic rings. The second kappa shape index (κ2) is 9.02. The number of aromatic hydroxyl groups is 3. The molecule has 0 saturated heterocycles. The fraction of sp³-hybridized carbons (Fsp3) is 0.172. The first-order chi connectivity index (χ1) is 16.2. The second-order valence-electron chi connectivity index (χ2n) is 8.59. The highest BCUT2D eigenvalue weighted by Crippen LogP contribution is 2.44. The van der Waals surface area contributed by atoms with Gasteiger partial charge in [-0.3, -0.25) is 0 Å². The van der Waals surface area contributed by atoms with Crippen LogP contribution in [0, 0.1) is 34.6 Å². The van der Waals surface area contributed by atoms with Crippen molar-refractivity contribution < 1.29 is 20.1 Å². The molecule has 174 valence electrons. The molecule has 0 aliphatic heterocycles. The van der Waals surface area contributed by atoms with Crippen LogP contribution in [0.5, 0.6) is 28.7 Å². The van der Waals surface area contributed by atoms with E-state index in [0.717, 1.165) is 39.3 Å². The minimum Gasteiger partial charge on any atom is -0.508 e. The number of hydrogen-bond acceptors (Lipinski definition) is 5. The lowest BCUT2D eigenvalue weighted by Crippen LogP contribution is -2.13. The van der Waals surface area contributed by atoms with E-state index in [-0.39, 0.29) is 17.2 Å². The minimum atomic E-state index is 0.173. The molecule has 0 fully saturated rings. The van der Waals surface area contributed by atoms with Gasteiger partial charge in [-0.25, -0.2) is 0 Å². The second-order valence-corrected chi connectivity index (χ2v) is 8.59. The molecule has 5 heteroatoms. The average molecular weight is 456 g/mol. The molecule has 0 saturated carbocycles. The molecule has 0 heterocycles. The number of phenolic OH excluding ortho intramolecular Hbond substituents is 3. The molecular weight excluding hydrogens is 426 g/mol. The Morgan fingerprint density at radius 3 is 1.76 bits per heavy atom. The molecule has 4 rings (SSSR count). The van der Waals surface area contributed by atoms with Crippen molar-refractivity contribution in [3.8, 4) is 28.7 Å². The summed E-state index contributed by atoms with van der Waals surface area (Å²) in [5, 5.41) is 31.4. The van der Waals surface area contributed by atoms with Gasteiger partial charge in [0.15, 0.2) is 0 Å². The Balaban J connectivity index is 1.88. The molecule has 3 N–H and O–H groups in total. The lowest BCUT2D eigenvalue weighted by atomic mass is 10.0. The van der Waals surface area contributed by atoms with Gasteiger partial charge in [-0.1, -0.05) is 24.3 Å². The van der Waals surface area contributed by atoms with Crippen molar-refractivity contribution in [3.05, 3.63) is 94.5 Å². The van der Waals surface area contributed by atoms with E-state index in [2.05, 4.69) is 0 Å². The first-order valence-electron chi connectivity index (χ1n) is 11.1. The van der Waals surface area contributed by atoms with E-state index < -0.39 is 0 Å². The summed E-state index contributed by atoms with van der Waals surface area (Å²) in [6.07, 6.45) is 0. The quantitative estimate of drug-likeness (QED) is 0.289. The third-order valence-corrected chi connectivity index (χ3v) is 6.25. The molecule has 5 nitrogen and oxygen atoms in total. The lowest BCUT2D eigenvalue weighted by Gasteiger charge is -2.30. The van der Waals surface area contributed by atoms with Crippen molar-refractivity contribution in [1.29, 1.82) is 0 Å². The van der Waals surface area contributed by atoms with Crippen LogP contribution in [-0.4, -0.2) is 15.3 Å². The Hall–Kier alpha value is -4.12. The van der Waals surface area contributed by atoms with Crippen LogP contribution in [0.4, 0.5) is 17.1 Å². The van der Waals surface area contributed by atoms with Crippen LogP contribution < -0.4 is 9.64 Å². The first-order valence-corrected chi connectivity index (χ1v) is 11.1. The summed E-state index contributed by atoms with van der Waals surface area (Å²) in [5.74, 6) is 1.81. The number of hydrogen-bond donors (Lipinski definition) is 3. The third-order valence-electron chi connectivity index (χ3n) is 6.25. The fourth-order valence-electron chi connectivity index (χ4n) is 4.07. The van der Waals surface area contributed by atoms with E-state index in [1.54, 1.807) is 19.1 Å². The van der Waals surface area contributed by atoms with Gasteiger partial charge >= 0.3 is 0 Å². The van der Waals surface area contributed by atoms with Crippen LogP contribution in [-0.2, 0) is 0 Å². The van der Waals surface area contributed by atoms with Gasteiger partial charge in [0.1, 0.15) is 28.7 Å². The molecule has 0 atom stereocenters. The van der Waals surface area contributed by atoms with E-state index in [9.17, 15) is 15.3 Å². The highest BCUT2D eigenvalue weighted by Gasteiger charge is 2.21. The zero-order chi connectivity index (χ0) is 24.6. The predicted molar refractivity (Wildman–Crippen MR) is 136 cm³/mol. The van der Waals surface area contributed by atoms with E-state index >= 15 is 0 Å². The summed E-state index contributed by atoms with van der Waals surface area (Å²) in [5.41, 5.74) is 6.09. The maximum Gasteiger partial charge on any atom is 0.134 e. The Morgan fingerprint density at radius 2 is 1.18 bits per heavy atom. The molecule has 0 aliphatic carbocycles. The standard InChI is InChI=1S/C29H29NO4/c1-17-12-14-24(19(3)28(17)32)30(25-15-13-18(2)29(33)20(25)4)22-8-6-9-23(16-22)34-27-11-7-10-26(31)21(27)5/h6-16,31-33H,1-5H3. The summed E-state index contributed by atoms with van der Waals surface area (Å²) in [6, 6.07) is 20.5. The van der Waals surface area contributed by atoms with Crippen LogP contribution in [0.15, 0.2) is 66.7 Å². The van der Waals surface area contributed by atoms with Gasteiger partial charge < -0.3 is 25.0 Å². The van der Waals surface area contributed by atoms with Crippen LogP contribution in [0.1, 0.15) is 27.8 Å². The predicted octanol–water partition coefficient (Wildman–Crippen LogP) is 7.61. The topological polar surface area (TPSA) is 73.2 Å². The van der Waals surface area contributed by atoms with Gasteiger partial charge in [-0.15, -0.1) is 0 Å². The number of phenols is 3. The Kier molecular flexibility index (Phi) is 6.12. The van der Waals surface area contributed by atoms with Gasteiger partial charge in [-0.2, -0.15) is 0 Å². The maximum absolute atomic E-state index is 10.7. The van der Waals surface area contributed by atoms with E-state index in [1.807, 2.05) is 87.2 Å². The summed E-state index contributed by atoms with van der Waals surface area (Å²) in [6.45, 7) is 9.30. The molecule has 0 spiro atoms. The number of anilines is 3. The zero-order valence-electron chi connectivity index (χ0n) is 20.0. The van der Waals surface area contributed by atoms with Crippen molar-refractivity contribution in [1.82, 2.24) is 0 Å². The summed E-state index contributed by atoms with van der Waals surface area (Å²) < 4.78 is 6.11. The monoisotopic (exact) mass is 455 g/mol. The molecule has 34 heavy (non-hydrogen) atoms. The minimum absolute atomic E-state index is 0.173. The van der Waals surface area contributed by atoms with Gasteiger partial charge in [0, 0.05) is 28.4 Å². The summed E-state index contributed by atoms with van der Waals surface area (Å²) >= 11 is 0.